The summed E-state index contributed by atoms with van der Waals surface area (Å²) in [5.74, 6) is 1.02. The van der Waals surface area contributed by atoms with Crippen molar-refractivity contribution in [1.82, 2.24) is 5.09 Å². The van der Waals surface area contributed by atoms with E-state index < -0.39 is 5.62 Å². The van der Waals surface area contributed by atoms with Crippen molar-refractivity contribution in [3.63, 3.8) is 0 Å². The molecule has 15 heavy (non-hydrogen) atoms. The average molecular weight is 266 g/mol. The van der Waals surface area contributed by atoms with E-state index in [0.29, 0.717) is 6.61 Å². The minimum absolute atomic E-state index is 0.637. The first-order valence-corrected chi connectivity index (χ1v) is 9.29. The lowest BCUT2D eigenvalue weighted by atomic mass is 10.6. The van der Waals surface area contributed by atoms with Gasteiger partial charge < -0.3 is 9.61 Å². The van der Waals surface area contributed by atoms with E-state index in [4.69, 9.17) is 16.3 Å². The Labute approximate surface area is 102 Å². The zero-order chi connectivity index (χ0) is 11.6. The fourth-order valence-corrected chi connectivity index (χ4v) is 5.22. The Morgan fingerprint density at radius 1 is 1.53 bits per heavy atom. The second kappa shape index (κ2) is 9.40. The average Bonchev–Trinajstić information content (AvgIpc) is 2.22. The van der Waals surface area contributed by atoms with E-state index in [9.17, 15) is 0 Å². The highest BCUT2D eigenvalue weighted by molar-refractivity contribution is 8.68. The van der Waals surface area contributed by atoms with Crippen molar-refractivity contribution in [3.8, 4) is 0 Å². The van der Waals surface area contributed by atoms with Crippen molar-refractivity contribution < 1.29 is 4.52 Å². The Morgan fingerprint density at radius 3 is 2.80 bits per heavy atom. The third-order valence-corrected chi connectivity index (χ3v) is 7.03. The first-order chi connectivity index (χ1) is 7.18. The molecule has 88 valence electrons. The molecule has 0 aromatic carbocycles. The topological polar surface area (TPSA) is 33.6 Å². The van der Waals surface area contributed by atoms with E-state index in [1.54, 1.807) is 23.9 Å². The minimum Gasteiger partial charge on any atom is -0.327 e. The van der Waals surface area contributed by atoms with Gasteiger partial charge in [-0.05, 0) is 32.1 Å². The summed E-state index contributed by atoms with van der Waals surface area (Å²) in [7, 11) is 0. The fourth-order valence-electron chi connectivity index (χ4n) is 0.726. The van der Waals surface area contributed by atoms with Crippen molar-refractivity contribution in [2.75, 3.05) is 12.4 Å². The van der Waals surface area contributed by atoms with Gasteiger partial charge in [-0.1, -0.05) is 24.4 Å². The van der Waals surface area contributed by atoms with E-state index in [1.165, 1.54) is 0 Å². The summed E-state index contributed by atoms with van der Waals surface area (Å²) in [6, 6.07) is 0. The first kappa shape index (κ1) is 15.2. The second-order valence-electron chi connectivity index (χ2n) is 2.64. The molecule has 0 bridgehead atoms. The van der Waals surface area contributed by atoms with Crippen molar-refractivity contribution >= 4 is 35.1 Å². The van der Waals surface area contributed by atoms with E-state index in [-0.39, 0.29) is 0 Å². The molecule has 3 nitrogen and oxygen atoms in total. The summed E-state index contributed by atoms with van der Waals surface area (Å²) in [5.41, 5.74) is -1.96. The number of nitrogens with zero attached hydrogens (tertiary/aromatic N) is 1. The molecule has 1 unspecified atom stereocenters. The number of aliphatic imine (C=N–C) groups is 1. The van der Waals surface area contributed by atoms with Crippen LogP contribution in [0.3, 0.4) is 0 Å². The molecule has 0 aliphatic heterocycles. The number of hydrogen-bond donors (Lipinski definition) is 1. The van der Waals surface area contributed by atoms with Crippen LogP contribution in [0.25, 0.3) is 0 Å². The normalized spacial score (nSPS) is 15.9. The Morgan fingerprint density at radius 2 is 2.27 bits per heavy atom. The van der Waals surface area contributed by atoms with Crippen LogP contribution >= 0.6 is 17.0 Å². The van der Waals surface area contributed by atoms with Crippen molar-refractivity contribution in [1.29, 1.82) is 0 Å². The van der Waals surface area contributed by atoms with Crippen molar-refractivity contribution in [2.24, 2.45) is 4.99 Å². The van der Waals surface area contributed by atoms with E-state index >= 15 is 0 Å². The molecular weight excluding hydrogens is 247 g/mol. The van der Waals surface area contributed by atoms with Crippen molar-refractivity contribution in [3.05, 3.63) is 12.3 Å². The predicted octanol–water partition coefficient (Wildman–Crippen LogP) is 3.54. The summed E-state index contributed by atoms with van der Waals surface area (Å²) in [6.07, 6.45) is 6.30. The van der Waals surface area contributed by atoms with Crippen LogP contribution in [-0.2, 0) is 16.3 Å². The van der Waals surface area contributed by atoms with Crippen LogP contribution in [0.15, 0.2) is 17.3 Å². The minimum atomic E-state index is -1.96. The highest BCUT2D eigenvalue weighted by Gasteiger charge is 2.15. The number of rotatable bonds is 8. The molecule has 0 heterocycles. The van der Waals surface area contributed by atoms with Gasteiger partial charge in [-0.3, -0.25) is 0 Å². The summed E-state index contributed by atoms with van der Waals surface area (Å²) in [4.78, 5) is 4.02. The smallest absolute Gasteiger partial charge is 0.211 e. The number of hydrogen-bond acceptors (Lipinski definition) is 4. The molecule has 0 saturated heterocycles. The molecule has 0 rings (SSSR count). The molecule has 1 atom stereocenters. The standard InChI is InChI=1S/C9H19N2OPS2/c1-4-7-10-9-11-13(14,12-6-3)15-8-5-2/h4,7,9H,5-6,8H2,1-3H3,(H,10,11,14)/b7-4-. The molecule has 0 aliphatic rings. The highest BCUT2D eigenvalue weighted by Crippen LogP contribution is 2.55. The van der Waals surface area contributed by atoms with Crippen LogP contribution in [0, 0.1) is 0 Å². The van der Waals surface area contributed by atoms with Crippen LogP contribution in [0.4, 0.5) is 0 Å². The van der Waals surface area contributed by atoms with Gasteiger partial charge in [0.15, 0.2) is 0 Å². The molecular formula is C9H19N2OPS2. The lowest BCUT2D eigenvalue weighted by Crippen LogP contribution is -2.07. The quantitative estimate of drug-likeness (QED) is 0.414. The van der Waals surface area contributed by atoms with Gasteiger partial charge in [0.1, 0.15) is 0 Å². The molecule has 0 spiro atoms. The molecule has 0 fully saturated rings. The lowest BCUT2D eigenvalue weighted by Gasteiger charge is -2.19. The third-order valence-electron chi connectivity index (χ3n) is 1.29. The van der Waals surface area contributed by atoms with Crippen LogP contribution in [0.2, 0.25) is 0 Å². The summed E-state index contributed by atoms with van der Waals surface area (Å²) < 4.78 is 5.57. The van der Waals surface area contributed by atoms with Gasteiger partial charge in [-0.15, -0.1) is 0 Å². The van der Waals surface area contributed by atoms with E-state index in [1.807, 2.05) is 19.9 Å². The largest absolute Gasteiger partial charge is 0.327 e. The molecule has 0 aliphatic carbocycles. The van der Waals surface area contributed by atoms with Gasteiger partial charge in [0, 0.05) is 12.0 Å². The zero-order valence-corrected chi connectivity index (χ0v) is 12.0. The zero-order valence-electron chi connectivity index (χ0n) is 9.47. The third kappa shape index (κ3) is 8.03. The monoisotopic (exact) mass is 266 g/mol. The second-order valence-corrected chi connectivity index (χ2v) is 9.37. The first-order valence-electron chi connectivity index (χ1n) is 4.98. The molecule has 0 aromatic heterocycles. The van der Waals surface area contributed by atoms with Gasteiger partial charge >= 0.3 is 0 Å². The maximum Gasteiger partial charge on any atom is 0.211 e. The molecule has 6 heteroatoms. The van der Waals surface area contributed by atoms with Crippen LogP contribution < -0.4 is 5.09 Å². The highest BCUT2D eigenvalue weighted by atomic mass is 32.9. The number of nitrogens with one attached hydrogen (secondary N) is 1. The fraction of sp³-hybridized carbons (Fsp3) is 0.667. The molecule has 0 aromatic rings. The van der Waals surface area contributed by atoms with Gasteiger partial charge in [-0.2, -0.15) is 0 Å². The summed E-state index contributed by atoms with van der Waals surface area (Å²) in [5, 5.41) is 3.09. The van der Waals surface area contributed by atoms with Gasteiger partial charge in [0.2, 0.25) is 5.62 Å². The molecule has 0 radical (unpaired) electrons. The SMILES string of the molecule is C/C=C\N=C\NP(=S)(OCC)SCCC. The summed E-state index contributed by atoms with van der Waals surface area (Å²) >= 11 is 7.13. The molecule has 1 N–H and O–H groups in total. The van der Waals surface area contributed by atoms with Crippen LogP contribution in [0.5, 0.6) is 0 Å². The van der Waals surface area contributed by atoms with Gasteiger partial charge in [0.05, 0.1) is 12.9 Å². The number of allylic oxidation sites excluding steroid dienone is 1. The Hall–Kier alpha value is 0.170. The maximum atomic E-state index is 5.57. The van der Waals surface area contributed by atoms with Crippen molar-refractivity contribution in [2.45, 2.75) is 27.2 Å². The summed E-state index contributed by atoms with van der Waals surface area (Å²) in [6.45, 7) is 6.64. The molecule has 0 saturated carbocycles. The Kier molecular flexibility index (Phi) is 9.51. The van der Waals surface area contributed by atoms with Crippen LogP contribution in [0.1, 0.15) is 27.2 Å². The Bertz CT molecular complexity index is 256. The van der Waals surface area contributed by atoms with E-state index in [0.717, 1.165) is 12.2 Å². The van der Waals surface area contributed by atoms with Crippen LogP contribution in [-0.4, -0.2) is 18.7 Å². The lowest BCUT2D eigenvalue weighted by molar-refractivity contribution is 0.383. The molecule has 0 amide bonds. The Balaban J connectivity index is 4.17. The maximum absolute atomic E-state index is 5.57. The predicted molar refractivity (Wildman–Crippen MR) is 75.1 cm³/mol. The van der Waals surface area contributed by atoms with E-state index in [2.05, 4.69) is 17.0 Å². The van der Waals surface area contributed by atoms with Gasteiger partial charge in [-0.25, -0.2) is 4.99 Å². The van der Waals surface area contributed by atoms with Gasteiger partial charge in [0.25, 0.3) is 0 Å².